The van der Waals surface area contributed by atoms with Crippen molar-refractivity contribution in [2.24, 2.45) is 0 Å². The quantitative estimate of drug-likeness (QED) is 0.0906. The maximum Gasteiger partial charge on any atom is 0.179 e. The first kappa shape index (κ1) is 48.6. The number of aromatic nitrogens is 3. The lowest BCUT2D eigenvalue weighted by Crippen LogP contribution is -2.74. The number of nitrogens with zero attached hydrogens (tertiary/aromatic N) is 3. The monoisotopic (exact) mass is 1090 g/mol. The summed E-state index contributed by atoms with van der Waals surface area (Å²) in [5.41, 5.74) is 10.4. The Morgan fingerprint density at radius 3 is 0.759 bits per heavy atom. The highest BCUT2D eigenvalue weighted by atomic mass is 28.3. The van der Waals surface area contributed by atoms with Gasteiger partial charge in [0.1, 0.15) is 0 Å². The molecule has 3 nitrogen and oxygen atoms in total. The number of rotatable bonds is 11. The molecule has 0 amide bonds. The molecule has 0 radical (unpaired) electrons. The number of hydrogen-bond donors (Lipinski definition) is 0. The Bertz CT molecular complexity index is 4880. The maximum atomic E-state index is 2.53. The summed E-state index contributed by atoms with van der Waals surface area (Å²) in [5, 5.41) is 18.2. The number of benzene rings is 13. The molecule has 0 aliphatic carbocycles. The molecule has 13 aromatic carbocycles. The number of fused-ring (bicyclic) bond motifs is 9. The maximum absolute atomic E-state index is 2.85. The second-order valence-corrected chi connectivity index (χ2v) is 29.6. The highest BCUT2D eigenvalue weighted by Crippen LogP contribution is 2.39. The molecule has 0 aliphatic heterocycles. The van der Waals surface area contributed by atoms with Crippen LogP contribution < -0.4 is 41.5 Å². The molecule has 0 aliphatic rings. The van der Waals surface area contributed by atoms with E-state index in [1.165, 1.54) is 95.9 Å². The predicted molar refractivity (Wildman–Crippen MR) is 357 cm³/mol. The van der Waals surface area contributed by atoms with Crippen molar-refractivity contribution in [2.75, 3.05) is 0 Å². The third-order valence-electron chi connectivity index (χ3n) is 17.7. The van der Waals surface area contributed by atoms with Gasteiger partial charge in [0.15, 0.2) is 16.1 Å². The second kappa shape index (κ2) is 19.7. The topological polar surface area (TPSA) is 14.8 Å². The van der Waals surface area contributed by atoms with E-state index in [-0.39, 0.29) is 0 Å². The molecule has 83 heavy (non-hydrogen) atoms. The predicted octanol–water partition coefficient (Wildman–Crippen LogP) is 13.7. The Balaban J connectivity index is 0.920. The van der Waals surface area contributed by atoms with Crippen molar-refractivity contribution in [1.29, 1.82) is 0 Å². The first-order valence-corrected chi connectivity index (χ1v) is 32.7. The average Bonchev–Trinajstić information content (AvgIpc) is 3.66. The van der Waals surface area contributed by atoms with Crippen molar-refractivity contribution in [3.63, 3.8) is 0 Å². The van der Waals surface area contributed by atoms with Crippen LogP contribution in [0.1, 0.15) is 0 Å². The van der Waals surface area contributed by atoms with Crippen LogP contribution in [0.5, 0.6) is 0 Å². The summed E-state index contributed by atoms with van der Waals surface area (Å²) < 4.78 is 7.53. The molecule has 0 N–H and O–H groups in total. The van der Waals surface area contributed by atoms with E-state index < -0.39 is 16.1 Å². The fraction of sp³-hybridized carbons (Fsp3) is 0. The zero-order valence-corrected chi connectivity index (χ0v) is 47.6. The molecule has 0 saturated heterocycles. The van der Waals surface area contributed by atoms with Crippen LogP contribution in [0.4, 0.5) is 0 Å². The van der Waals surface area contributed by atoms with Gasteiger partial charge in [-0.2, -0.15) is 0 Å². The molecule has 390 valence electrons. The molecule has 3 aromatic heterocycles. The van der Waals surface area contributed by atoms with Crippen LogP contribution >= 0.6 is 0 Å². The minimum absolute atomic E-state index is 1.11. The van der Waals surface area contributed by atoms with E-state index in [1.807, 2.05) is 0 Å². The zero-order valence-electron chi connectivity index (χ0n) is 45.6. The van der Waals surface area contributed by atoms with Gasteiger partial charge in [-0.3, -0.25) is 0 Å². The number of para-hydroxylation sites is 3. The Labute approximate surface area is 484 Å². The molecule has 0 saturated carbocycles. The minimum Gasteiger partial charge on any atom is -0.309 e. The first-order chi connectivity index (χ1) is 41.2. The Morgan fingerprint density at radius 1 is 0.157 bits per heavy atom. The molecule has 0 unspecified atom stereocenters. The molecule has 0 atom stereocenters. The van der Waals surface area contributed by atoms with Crippen molar-refractivity contribution in [3.8, 4) is 17.1 Å². The smallest absolute Gasteiger partial charge is 0.179 e. The van der Waals surface area contributed by atoms with Gasteiger partial charge in [-0.25, -0.2) is 0 Å². The van der Waals surface area contributed by atoms with Crippen LogP contribution in [0.3, 0.4) is 0 Å². The van der Waals surface area contributed by atoms with Gasteiger partial charge < -0.3 is 13.7 Å². The lowest BCUT2D eigenvalue weighted by atomic mass is 10.1. The standard InChI is InChI=1S/C78H55N3Si2/c1-7-27-59(28-8-1)82(60-29-9-2-10-30-60,61-31-11-3-12-32-61)65-39-25-26-56(52-65)79-73-43-22-19-40-67(73)70-49-46-57(53-76(70)79)80-74-44-23-20-41-68(74)71-50-47-58(54-77(71)80)81-75-45-24-21-42-69(75)72-51-48-66(55-78(72)81)83(62-33-13-4-14-34-62,63-35-15-5-16-36-63)64-37-17-6-18-38-64/h1-55H. The molecule has 5 heteroatoms. The van der Waals surface area contributed by atoms with E-state index >= 15 is 0 Å². The Morgan fingerprint density at radius 2 is 0.410 bits per heavy atom. The molecular formula is C78H55N3Si2. The normalized spacial score (nSPS) is 12.1. The van der Waals surface area contributed by atoms with Crippen LogP contribution in [0.2, 0.25) is 0 Å². The van der Waals surface area contributed by atoms with E-state index in [2.05, 4.69) is 347 Å². The molecule has 16 aromatic rings. The largest absolute Gasteiger partial charge is 0.309 e. The summed E-state index contributed by atoms with van der Waals surface area (Å²) in [7, 11) is -5.69. The van der Waals surface area contributed by atoms with Crippen LogP contribution in [-0.4, -0.2) is 29.8 Å². The Hall–Kier alpha value is -10.3. The zero-order chi connectivity index (χ0) is 54.9. The third-order valence-corrected chi connectivity index (χ3v) is 27.3. The molecule has 0 fully saturated rings. The molecule has 16 rings (SSSR count). The lowest BCUT2D eigenvalue weighted by Gasteiger charge is -2.34. The van der Waals surface area contributed by atoms with Crippen LogP contribution in [-0.2, 0) is 0 Å². The van der Waals surface area contributed by atoms with Crippen molar-refractivity contribution in [2.45, 2.75) is 0 Å². The fourth-order valence-corrected chi connectivity index (χ4v) is 23.8. The van der Waals surface area contributed by atoms with Crippen LogP contribution in [0, 0.1) is 0 Å². The van der Waals surface area contributed by atoms with E-state index in [9.17, 15) is 0 Å². The summed E-state index contributed by atoms with van der Waals surface area (Å²) in [6, 6.07) is 125. The fourth-order valence-electron chi connectivity index (χ4n) is 14.2. The second-order valence-electron chi connectivity index (χ2n) is 21.9. The van der Waals surface area contributed by atoms with Gasteiger partial charge in [-0.1, -0.05) is 273 Å². The van der Waals surface area contributed by atoms with Gasteiger partial charge in [0.05, 0.1) is 33.1 Å². The molecule has 0 spiro atoms. The van der Waals surface area contributed by atoms with Crippen molar-refractivity contribution in [1.82, 2.24) is 13.7 Å². The van der Waals surface area contributed by atoms with E-state index in [0.29, 0.717) is 0 Å². The summed E-state index contributed by atoms with van der Waals surface area (Å²) in [4.78, 5) is 0. The van der Waals surface area contributed by atoms with Crippen molar-refractivity contribution < 1.29 is 0 Å². The molecular weight excluding hydrogens is 1040 g/mol. The lowest BCUT2D eigenvalue weighted by molar-refractivity contribution is 1.15. The van der Waals surface area contributed by atoms with E-state index in [1.54, 1.807) is 0 Å². The van der Waals surface area contributed by atoms with E-state index in [4.69, 9.17) is 0 Å². The number of hydrogen-bond acceptors (Lipinski definition) is 0. The van der Waals surface area contributed by atoms with Crippen molar-refractivity contribution >= 4 is 123 Å². The van der Waals surface area contributed by atoms with Gasteiger partial charge in [0, 0.05) is 49.4 Å². The van der Waals surface area contributed by atoms with Crippen LogP contribution in [0.15, 0.2) is 334 Å². The Kier molecular flexibility index (Phi) is 11.6. The van der Waals surface area contributed by atoms with Gasteiger partial charge in [0.25, 0.3) is 0 Å². The van der Waals surface area contributed by atoms with Crippen LogP contribution in [0.25, 0.3) is 82.5 Å². The van der Waals surface area contributed by atoms with E-state index in [0.717, 1.165) is 28.1 Å². The minimum atomic E-state index is -2.85. The summed E-state index contributed by atoms with van der Waals surface area (Å²) in [5.74, 6) is 0. The highest BCUT2D eigenvalue weighted by molar-refractivity contribution is 7.20. The van der Waals surface area contributed by atoms with Gasteiger partial charge >= 0.3 is 0 Å². The summed E-state index contributed by atoms with van der Waals surface area (Å²) >= 11 is 0. The first-order valence-electron chi connectivity index (χ1n) is 28.7. The summed E-state index contributed by atoms with van der Waals surface area (Å²) in [6.07, 6.45) is 0. The molecule has 3 heterocycles. The van der Waals surface area contributed by atoms with Gasteiger partial charge in [-0.15, -0.1) is 0 Å². The highest BCUT2D eigenvalue weighted by Gasteiger charge is 2.43. The average molecular weight is 1090 g/mol. The molecule has 0 bridgehead atoms. The summed E-state index contributed by atoms with van der Waals surface area (Å²) in [6.45, 7) is 0. The van der Waals surface area contributed by atoms with Crippen molar-refractivity contribution in [3.05, 3.63) is 334 Å². The van der Waals surface area contributed by atoms with Gasteiger partial charge in [-0.05, 0) is 102 Å². The third kappa shape index (κ3) is 7.49. The SMILES string of the molecule is c1ccc([Si](c2ccccc2)(c2ccccc2)c2cccc(-n3c4ccccc4c4ccc(-n5c6ccccc6c6ccc(-n7c8ccccc8c8ccc([Si](c9ccccc9)(c9ccccc9)c9ccccc9)cc87)cc65)cc43)c2)cc1. The van der Waals surface area contributed by atoms with Gasteiger partial charge in [0.2, 0.25) is 0 Å².